The summed E-state index contributed by atoms with van der Waals surface area (Å²) >= 11 is 3.84. The van der Waals surface area contributed by atoms with Gasteiger partial charge in [0.15, 0.2) is 0 Å². The van der Waals surface area contributed by atoms with Crippen molar-refractivity contribution in [1.82, 2.24) is 0 Å². The smallest absolute Gasteiger partial charge is 0.0368 e. The highest BCUT2D eigenvalue weighted by Crippen LogP contribution is 2.56. The van der Waals surface area contributed by atoms with E-state index in [0.717, 1.165) is 0 Å². The third kappa shape index (κ3) is 4.91. The minimum Gasteiger partial charge on any atom is -0.135 e. The number of hydrogen-bond acceptors (Lipinski definition) is 2. The quantitative estimate of drug-likeness (QED) is 0.156. The Bertz CT molecular complexity index is 4060. The van der Waals surface area contributed by atoms with Crippen LogP contribution < -0.4 is 0 Å². The van der Waals surface area contributed by atoms with Gasteiger partial charge in [0.2, 0.25) is 0 Å². The zero-order valence-corrected chi connectivity index (χ0v) is 36.4. The first-order valence-electron chi connectivity index (χ1n) is 21.9. The molecule has 0 atom stereocenters. The maximum atomic E-state index is 2.50. The number of fused-ring (bicyclic) bond motifs is 14. The van der Waals surface area contributed by atoms with Gasteiger partial charge in [0.1, 0.15) is 0 Å². The van der Waals surface area contributed by atoms with E-state index in [4.69, 9.17) is 0 Å². The van der Waals surface area contributed by atoms with Crippen molar-refractivity contribution in [2.24, 2.45) is 0 Å². The first-order chi connectivity index (χ1) is 31.0. The van der Waals surface area contributed by atoms with E-state index in [1.165, 1.54) is 139 Å². The van der Waals surface area contributed by atoms with Crippen molar-refractivity contribution in [2.45, 2.75) is 19.3 Å². The van der Waals surface area contributed by atoms with Crippen LogP contribution in [-0.2, 0) is 5.41 Å². The van der Waals surface area contributed by atoms with Crippen LogP contribution >= 0.6 is 22.7 Å². The fourth-order valence-corrected chi connectivity index (χ4v) is 13.8. The van der Waals surface area contributed by atoms with Crippen molar-refractivity contribution in [3.8, 4) is 44.5 Å². The standard InChI is InChI=1S/C61H38S2/c1-61(2)52-30-29-36(57-42-21-7-9-23-44(42)58(45-24-10-8-22-43(45)57)40-25-13-16-35-15-3-4-17-37(35)40)31-49(52)47-27-14-26-46(60(47)61)48-32-56-59(41-20-6-5-18-38(41)48)51-34-54-50(33-55(51)63-56)39-19-11-12-28-53(39)62-54/h3-34H,1-2H3. The number of rotatable bonds is 3. The molecular weight excluding hydrogens is 797 g/mol. The Morgan fingerprint density at radius 1 is 0.317 bits per heavy atom. The summed E-state index contributed by atoms with van der Waals surface area (Å²) < 4.78 is 5.41. The molecular formula is C61H38S2. The third-order valence-electron chi connectivity index (χ3n) is 14.2. The summed E-state index contributed by atoms with van der Waals surface area (Å²) in [6.45, 7) is 4.86. The van der Waals surface area contributed by atoms with E-state index in [1.54, 1.807) is 0 Å². The Balaban J connectivity index is 0.981. The van der Waals surface area contributed by atoms with Crippen molar-refractivity contribution in [3.63, 3.8) is 0 Å². The fourth-order valence-electron chi connectivity index (χ4n) is 11.5. The largest absolute Gasteiger partial charge is 0.135 e. The molecule has 1 aliphatic carbocycles. The van der Waals surface area contributed by atoms with Crippen LogP contribution in [-0.4, -0.2) is 0 Å². The molecule has 0 spiro atoms. The van der Waals surface area contributed by atoms with E-state index >= 15 is 0 Å². The Kier molecular flexibility index (Phi) is 7.31. The number of hydrogen-bond donors (Lipinski definition) is 0. The summed E-state index contributed by atoms with van der Waals surface area (Å²) in [5.41, 5.74) is 13.0. The van der Waals surface area contributed by atoms with Crippen molar-refractivity contribution in [1.29, 1.82) is 0 Å². The monoisotopic (exact) mass is 834 g/mol. The second-order valence-corrected chi connectivity index (χ2v) is 20.0. The lowest BCUT2D eigenvalue weighted by atomic mass is 9.78. The first-order valence-corrected chi connectivity index (χ1v) is 23.5. The van der Waals surface area contributed by atoms with E-state index in [-0.39, 0.29) is 5.41 Å². The Labute approximate surface area is 372 Å². The lowest BCUT2D eigenvalue weighted by molar-refractivity contribution is 0.662. The van der Waals surface area contributed by atoms with Crippen molar-refractivity contribution < 1.29 is 0 Å². The van der Waals surface area contributed by atoms with Crippen molar-refractivity contribution >= 4 is 106 Å². The molecule has 2 aromatic heterocycles. The molecule has 1 aliphatic rings. The van der Waals surface area contributed by atoms with E-state index in [2.05, 4.69) is 208 Å². The summed E-state index contributed by atoms with van der Waals surface area (Å²) in [6.07, 6.45) is 0. The molecule has 0 saturated heterocycles. The van der Waals surface area contributed by atoms with Crippen LogP contribution in [0.4, 0.5) is 0 Å². The summed E-state index contributed by atoms with van der Waals surface area (Å²) in [4.78, 5) is 0. The minimum atomic E-state index is -0.205. The van der Waals surface area contributed by atoms with Crippen LogP contribution in [0.25, 0.3) is 128 Å². The van der Waals surface area contributed by atoms with Crippen LogP contribution in [0.15, 0.2) is 194 Å². The molecule has 0 saturated carbocycles. The average molecular weight is 835 g/mol. The van der Waals surface area contributed by atoms with Gasteiger partial charge in [-0.15, -0.1) is 22.7 Å². The Morgan fingerprint density at radius 3 is 1.62 bits per heavy atom. The van der Waals surface area contributed by atoms with Gasteiger partial charge in [-0.25, -0.2) is 0 Å². The van der Waals surface area contributed by atoms with Crippen LogP contribution in [0.3, 0.4) is 0 Å². The number of thiophene rings is 2. The Morgan fingerprint density at radius 2 is 0.857 bits per heavy atom. The Hall–Kier alpha value is -7.10. The van der Waals surface area contributed by atoms with Gasteiger partial charge in [0.05, 0.1) is 0 Å². The van der Waals surface area contributed by atoms with Crippen LogP contribution in [0, 0.1) is 0 Å². The lowest BCUT2D eigenvalue weighted by Gasteiger charge is -2.25. The molecule has 13 aromatic rings. The summed E-state index contributed by atoms with van der Waals surface area (Å²) in [5, 5.41) is 15.8. The van der Waals surface area contributed by atoms with Gasteiger partial charge in [0.25, 0.3) is 0 Å². The molecule has 14 rings (SSSR count). The molecule has 0 nitrogen and oxygen atoms in total. The summed E-state index contributed by atoms with van der Waals surface area (Å²) in [5.74, 6) is 0. The van der Waals surface area contributed by atoms with Crippen molar-refractivity contribution in [2.75, 3.05) is 0 Å². The minimum absolute atomic E-state index is 0.205. The SMILES string of the molecule is CC1(C)c2ccc(-c3c4ccccc4c(-c4cccc5ccccc45)c4ccccc34)cc2-c2cccc(-c3cc4sc5cc6c(cc5c4c4ccccc34)sc3ccccc36)c21. The normalized spacial score (nSPS) is 13.4. The van der Waals surface area contributed by atoms with Crippen molar-refractivity contribution in [3.05, 3.63) is 205 Å². The maximum Gasteiger partial charge on any atom is 0.0368 e. The topological polar surface area (TPSA) is 0 Å². The molecule has 2 heterocycles. The van der Waals surface area contributed by atoms with Gasteiger partial charge >= 0.3 is 0 Å². The molecule has 2 heteroatoms. The van der Waals surface area contributed by atoms with E-state index < -0.39 is 0 Å². The van der Waals surface area contributed by atoms with Crippen LogP contribution in [0.2, 0.25) is 0 Å². The molecule has 0 amide bonds. The molecule has 0 bridgehead atoms. The first kappa shape index (κ1) is 35.5. The highest BCUT2D eigenvalue weighted by atomic mass is 32.1. The van der Waals surface area contributed by atoms with Gasteiger partial charge in [-0.05, 0) is 129 Å². The molecule has 0 fully saturated rings. The second kappa shape index (κ2) is 13.0. The molecule has 63 heavy (non-hydrogen) atoms. The molecule has 294 valence electrons. The summed E-state index contributed by atoms with van der Waals surface area (Å²) in [7, 11) is 0. The van der Waals surface area contributed by atoms with E-state index in [9.17, 15) is 0 Å². The molecule has 0 aliphatic heterocycles. The van der Waals surface area contributed by atoms with Gasteiger partial charge in [-0.2, -0.15) is 0 Å². The predicted molar refractivity (Wildman–Crippen MR) is 276 cm³/mol. The zero-order chi connectivity index (χ0) is 41.6. The maximum absolute atomic E-state index is 2.50. The molecule has 0 radical (unpaired) electrons. The van der Waals surface area contributed by atoms with E-state index in [0.29, 0.717) is 0 Å². The molecule has 0 N–H and O–H groups in total. The molecule has 11 aromatic carbocycles. The van der Waals surface area contributed by atoms with Gasteiger partial charge in [0, 0.05) is 45.8 Å². The second-order valence-electron chi connectivity index (χ2n) is 17.9. The fraction of sp³-hybridized carbons (Fsp3) is 0.0492. The van der Waals surface area contributed by atoms with Gasteiger partial charge in [-0.3, -0.25) is 0 Å². The van der Waals surface area contributed by atoms with Crippen LogP contribution in [0.5, 0.6) is 0 Å². The zero-order valence-electron chi connectivity index (χ0n) is 34.8. The van der Waals surface area contributed by atoms with Gasteiger partial charge < -0.3 is 0 Å². The predicted octanol–water partition coefficient (Wildman–Crippen LogP) is 18.3. The summed E-state index contributed by atoms with van der Waals surface area (Å²) in [6, 6.07) is 73.3. The highest BCUT2D eigenvalue weighted by molar-refractivity contribution is 7.27. The third-order valence-corrected chi connectivity index (χ3v) is 16.5. The highest BCUT2D eigenvalue weighted by Gasteiger charge is 2.38. The number of benzene rings is 11. The van der Waals surface area contributed by atoms with Gasteiger partial charge in [-0.1, -0.05) is 178 Å². The molecule has 0 unspecified atom stereocenters. The van der Waals surface area contributed by atoms with Crippen LogP contribution in [0.1, 0.15) is 25.0 Å². The average Bonchev–Trinajstić information content (AvgIpc) is 3.95. The lowest BCUT2D eigenvalue weighted by Crippen LogP contribution is -2.16. The van der Waals surface area contributed by atoms with E-state index in [1.807, 2.05) is 22.7 Å².